The van der Waals surface area contributed by atoms with Crippen LogP contribution in [0, 0.1) is 13.8 Å². The van der Waals surface area contributed by atoms with Gasteiger partial charge in [0.05, 0.1) is 17.3 Å². The highest BCUT2D eigenvalue weighted by atomic mass is 35.5. The first kappa shape index (κ1) is 21.1. The molecule has 0 unspecified atom stereocenters. The second kappa shape index (κ2) is 8.63. The standard InChI is InChI=1S/C24H22ClN7O/c1-15-9-16(2)23(28-11-15)17-10-21(27-12-18(17)25)32-8-7-31-13-19(29-22(31)14-32)24(33)30-20-5-3-4-6-26-20/h3-6,9-13H,7-8,14H2,1-2H3,(H,26,30,33). The molecular formula is C24H22ClN7O. The summed E-state index contributed by atoms with van der Waals surface area (Å²) in [6.45, 7) is 6.01. The maximum absolute atomic E-state index is 12.6. The van der Waals surface area contributed by atoms with Crippen LogP contribution in [0.5, 0.6) is 0 Å². The van der Waals surface area contributed by atoms with Crippen LogP contribution in [0.4, 0.5) is 11.6 Å². The fourth-order valence-electron chi connectivity index (χ4n) is 3.95. The van der Waals surface area contributed by atoms with Gasteiger partial charge in [-0.3, -0.25) is 9.78 Å². The molecular weight excluding hydrogens is 438 g/mol. The third-order valence-corrected chi connectivity index (χ3v) is 5.88. The van der Waals surface area contributed by atoms with Crippen LogP contribution in [-0.4, -0.2) is 37.0 Å². The number of nitrogens with zero attached hydrogens (tertiary/aromatic N) is 6. The number of aromatic nitrogens is 5. The molecule has 8 nitrogen and oxygen atoms in total. The number of pyridine rings is 3. The van der Waals surface area contributed by atoms with Crippen molar-refractivity contribution in [1.29, 1.82) is 0 Å². The second-order valence-corrected chi connectivity index (χ2v) is 8.43. The van der Waals surface area contributed by atoms with Crippen LogP contribution in [0.25, 0.3) is 11.3 Å². The van der Waals surface area contributed by atoms with E-state index in [-0.39, 0.29) is 5.91 Å². The number of imidazole rings is 1. The molecule has 0 aliphatic carbocycles. The fourth-order valence-corrected chi connectivity index (χ4v) is 4.15. The van der Waals surface area contributed by atoms with E-state index in [1.165, 1.54) is 0 Å². The molecule has 0 bridgehead atoms. The van der Waals surface area contributed by atoms with Crippen LogP contribution >= 0.6 is 11.6 Å². The van der Waals surface area contributed by atoms with Crippen molar-refractivity contribution in [2.45, 2.75) is 26.9 Å². The third-order valence-electron chi connectivity index (χ3n) is 5.58. The van der Waals surface area contributed by atoms with Crippen molar-refractivity contribution in [2.75, 3.05) is 16.8 Å². The first-order chi connectivity index (χ1) is 16.0. The Balaban J connectivity index is 1.38. The predicted molar refractivity (Wildman–Crippen MR) is 127 cm³/mol. The van der Waals surface area contributed by atoms with Gasteiger partial charge in [0.2, 0.25) is 0 Å². The second-order valence-electron chi connectivity index (χ2n) is 8.03. The number of carbonyl (C=O) groups excluding carboxylic acids is 1. The van der Waals surface area contributed by atoms with Gasteiger partial charge in [-0.05, 0) is 43.2 Å². The molecule has 0 saturated carbocycles. The Labute approximate surface area is 196 Å². The minimum Gasteiger partial charge on any atom is -0.347 e. The fraction of sp³-hybridized carbons (Fsp3) is 0.208. The van der Waals surface area contributed by atoms with Gasteiger partial charge in [-0.25, -0.2) is 15.0 Å². The number of amides is 1. The van der Waals surface area contributed by atoms with Gasteiger partial charge in [0, 0.05) is 43.4 Å². The lowest BCUT2D eigenvalue weighted by Gasteiger charge is -2.29. The van der Waals surface area contributed by atoms with Crippen molar-refractivity contribution < 1.29 is 4.79 Å². The molecule has 33 heavy (non-hydrogen) atoms. The van der Waals surface area contributed by atoms with E-state index in [0.717, 1.165) is 40.6 Å². The number of hydrogen-bond donors (Lipinski definition) is 1. The minimum absolute atomic E-state index is 0.282. The molecule has 166 valence electrons. The van der Waals surface area contributed by atoms with E-state index in [9.17, 15) is 4.79 Å². The normalized spacial score (nSPS) is 13.0. The number of carbonyl (C=O) groups is 1. The summed E-state index contributed by atoms with van der Waals surface area (Å²) >= 11 is 6.48. The van der Waals surface area contributed by atoms with E-state index >= 15 is 0 Å². The quantitative estimate of drug-likeness (QED) is 0.490. The Bertz CT molecular complexity index is 1340. The van der Waals surface area contributed by atoms with Crippen LogP contribution in [-0.2, 0) is 13.1 Å². The zero-order chi connectivity index (χ0) is 22.9. The van der Waals surface area contributed by atoms with Crippen LogP contribution in [0.3, 0.4) is 0 Å². The lowest BCUT2D eigenvalue weighted by molar-refractivity contribution is 0.102. The first-order valence-corrected chi connectivity index (χ1v) is 11.0. The van der Waals surface area contributed by atoms with Crippen molar-refractivity contribution in [3.8, 4) is 11.3 Å². The Kier molecular flexibility index (Phi) is 5.51. The average molecular weight is 460 g/mol. The SMILES string of the molecule is Cc1cnc(-c2cc(N3CCn4cc(C(=O)Nc5ccccn5)nc4C3)ncc2Cl)c(C)c1. The van der Waals surface area contributed by atoms with Crippen molar-refractivity contribution in [2.24, 2.45) is 0 Å². The van der Waals surface area contributed by atoms with Crippen molar-refractivity contribution in [1.82, 2.24) is 24.5 Å². The van der Waals surface area contributed by atoms with E-state index in [0.29, 0.717) is 29.6 Å². The Hall–Kier alpha value is -3.78. The molecule has 0 spiro atoms. The summed E-state index contributed by atoms with van der Waals surface area (Å²) < 4.78 is 2.01. The summed E-state index contributed by atoms with van der Waals surface area (Å²) in [6, 6.07) is 9.42. The molecule has 9 heteroatoms. The lowest BCUT2D eigenvalue weighted by atomic mass is 10.1. The number of rotatable bonds is 4. The van der Waals surface area contributed by atoms with Gasteiger partial charge in [-0.15, -0.1) is 0 Å². The van der Waals surface area contributed by atoms with Gasteiger partial charge in [0.15, 0.2) is 0 Å². The van der Waals surface area contributed by atoms with Gasteiger partial charge in [0.25, 0.3) is 5.91 Å². The van der Waals surface area contributed by atoms with Crippen molar-refractivity contribution >= 4 is 29.1 Å². The molecule has 0 atom stereocenters. The molecule has 1 N–H and O–H groups in total. The maximum Gasteiger partial charge on any atom is 0.277 e. The highest BCUT2D eigenvalue weighted by Crippen LogP contribution is 2.32. The highest BCUT2D eigenvalue weighted by molar-refractivity contribution is 6.33. The van der Waals surface area contributed by atoms with Crippen LogP contribution in [0.1, 0.15) is 27.4 Å². The molecule has 1 aliphatic rings. The largest absolute Gasteiger partial charge is 0.347 e. The first-order valence-electron chi connectivity index (χ1n) is 10.6. The van der Waals surface area contributed by atoms with E-state index < -0.39 is 0 Å². The molecule has 0 aromatic carbocycles. The molecule has 4 aromatic heterocycles. The number of hydrogen-bond acceptors (Lipinski definition) is 6. The lowest BCUT2D eigenvalue weighted by Crippen LogP contribution is -2.34. The maximum atomic E-state index is 12.6. The van der Waals surface area contributed by atoms with Gasteiger partial charge in [-0.1, -0.05) is 23.7 Å². The van der Waals surface area contributed by atoms with Crippen LogP contribution in [0.2, 0.25) is 5.02 Å². The molecule has 4 aromatic rings. The smallest absolute Gasteiger partial charge is 0.277 e. The number of anilines is 2. The molecule has 0 radical (unpaired) electrons. The van der Waals surface area contributed by atoms with Crippen molar-refractivity contribution in [3.05, 3.63) is 82.8 Å². The van der Waals surface area contributed by atoms with E-state index in [4.69, 9.17) is 11.6 Å². The van der Waals surface area contributed by atoms with Gasteiger partial charge < -0.3 is 14.8 Å². The zero-order valence-corrected chi connectivity index (χ0v) is 19.0. The van der Waals surface area contributed by atoms with E-state index in [1.807, 2.05) is 36.7 Å². The monoisotopic (exact) mass is 459 g/mol. The van der Waals surface area contributed by atoms with Crippen LogP contribution in [0.15, 0.2) is 55.1 Å². The molecule has 0 saturated heterocycles. The Morgan fingerprint density at radius 3 is 2.76 bits per heavy atom. The summed E-state index contributed by atoms with van der Waals surface area (Å²) in [4.78, 5) is 32.6. The molecule has 5 heterocycles. The number of halogens is 1. The number of nitrogens with one attached hydrogen (secondary N) is 1. The summed E-state index contributed by atoms with van der Waals surface area (Å²) in [5, 5.41) is 3.34. The predicted octanol–water partition coefficient (Wildman–Crippen LogP) is 4.28. The summed E-state index contributed by atoms with van der Waals surface area (Å²) in [5.41, 5.74) is 4.23. The highest BCUT2D eigenvalue weighted by Gasteiger charge is 2.23. The zero-order valence-electron chi connectivity index (χ0n) is 18.3. The topological polar surface area (TPSA) is 88.8 Å². The minimum atomic E-state index is -0.282. The van der Waals surface area contributed by atoms with Gasteiger partial charge >= 0.3 is 0 Å². The summed E-state index contributed by atoms with van der Waals surface area (Å²) in [5.74, 6) is 1.81. The molecule has 0 fully saturated rings. The van der Waals surface area contributed by atoms with Gasteiger partial charge in [-0.2, -0.15) is 0 Å². The number of aryl methyl sites for hydroxylation is 2. The Morgan fingerprint density at radius 1 is 1.09 bits per heavy atom. The third kappa shape index (κ3) is 4.29. The summed E-state index contributed by atoms with van der Waals surface area (Å²) in [7, 11) is 0. The molecule has 5 rings (SSSR count). The number of fused-ring (bicyclic) bond motifs is 1. The van der Waals surface area contributed by atoms with E-state index in [1.54, 1.807) is 30.7 Å². The molecule has 1 aliphatic heterocycles. The molecule has 1 amide bonds. The average Bonchev–Trinajstić information content (AvgIpc) is 3.24. The Morgan fingerprint density at radius 2 is 1.97 bits per heavy atom. The van der Waals surface area contributed by atoms with Crippen LogP contribution < -0.4 is 10.2 Å². The summed E-state index contributed by atoms with van der Waals surface area (Å²) in [6.07, 6.45) is 6.92. The van der Waals surface area contributed by atoms with E-state index in [2.05, 4.69) is 36.2 Å². The van der Waals surface area contributed by atoms with Gasteiger partial charge in [0.1, 0.15) is 23.2 Å². The van der Waals surface area contributed by atoms with Crippen molar-refractivity contribution in [3.63, 3.8) is 0 Å².